The molecule has 0 aromatic carbocycles. The van der Waals surface area contributed by atoms with Gasteiger partial charge in [-0.25, -0.2) is 0 Å². The summed E-state index contributed by atoms with van der Waals surface area (Å²) >= 11 is 0. The molecule has 2 N–H and O–H groups in total. The van der Waals surface area contributed by atoms with Crippen LogP contribution < -0.4 is 5.32 Å². The zero-order chi connectivity index (χ0) is 12.7. The molecule has 1 heterocycles. The van der Waals surface area contributed by atoms with Gasteiger partial charge in [-0.15, -0.1) is 0 Å². The third-order valence-corrected chi connectivity index (χ3v) is 3.58. The maximum absolute atomic E-state index is 9.97. The molecule has 0 saturated carbocycles. The van der Waals surface area contributed by atoms with Gasteiger partial charge in [0, 0.05) is 19.6 Å². The second-order valence-electron chi connectivity index (χ2n) is 5.88. The van der Waals surface area contributed by atoms with Gasteiger partial charge in [0.15, 0.2) is 0 Å². The molecule has 1 fully saturated rings. The molecule has 1 aliphatic heterocycles. The van der Waals surface area contributed by atoms with Crippen LogP contribution in [0.15, 0.2) is 0 Å². The van der Waals surface area contributed by atoms with Gasteiger partial charge in [0.2, 0.25) is 0 Å². The molecule has 3 heteroatoms. The summed E-state index contributed by atoms with van der Waals surface area (Å²) in [5.41, 5.74) is 0. The second-order valence-corrected chi connectivity index (χ2v) is 5.88. The van der Waals surface area contributed by atoms with Gasteiger partial charge in [-0.1, -0.05) is 27.2 Å². The van der Waals surface area contributed by atoms with E-state index in [0.29, 0.717) is 5.92 Å². The number of rotatable bonds is 7. The van der Waals surface area contributed by atoms with Crippen LogP contribution >= 0.6 is 0 Å². The predicted molar refractivity (Wildman–Crippen MR) is 73.2 cm³/mol. The van der Waals surface area contributed by atoms with Crippen LogP contribution in [-0.4, -0.2) is 48.8 Å². The van der Waals surface area contributed by atoms with Crippen molar-refractivity contribution < 1.29 is 5.11 Å². The summed E-state index contributed by atoms with van der Waals surface area (Å²) in [6, 6.07) is 0. The molecule has 0 aliphatic carbocycles. The maximum Gasteiger partial charge on any atom is 0.0791 e. The monoisotopic (exact) mass is 242 g/mol. The summed E-state index contributed by atoms with van der Waals surface area (Å²) in [6.07, 6.45) is 3.72. The minimum atomic E-state index is -0.218. The topological polar surface area (TPSA) is 35.5 Å². The molecule has 1 rings (SSSR count). The van der Waals surface area contributed by atoms with Crippen molar-refractivity contribution in [3.05, 3.63) is 0 Å². The van der Waals surface area contributed by atoms with Crippen molar-refractivity contribution in [1.82, 2.24) is 10.2 Å². The quantitative estimate of drug-likeness (QED) is 0.713. The van der Waals surface area contributed by atoms with E-state index in [9.17, 15) is 5.11 Å². The largest absolute Gasteiger partial charge is 0.390 e. The molecular weight excluding hydrogens is 212 g/mol. The van der Waals surface area contributed by atoms with Crippen LogP contribution in [0.5, 0.6) is 0 Å². The first-order valence-corrected chi connectivity index (χ1v) is 7.23. The Hall–Kier alpha value is -0.120. The number of hydrogen-bond donors (Lipinski definition) is 2. The van der Waals surface area contributed by atoms with E-state index < -0.39 is 0 Å². The molecule has 1 aliphatic rings. The van der Waals surface area contributed by atoms with E-state index in [1.165, 1.54) is 25.8 Å². The minimum Gasteiger partial charge on any atom is -0.390 e. The minimum absolute atomic E-state index is 0.218. The number of β-amino-alcohol motifs (C(OH)–C–C–N with tert-alkyl or cyclic N) is 1. The van der Waals surface area contributed by atoms with Crippen LogP contribution in [0.3, 0.4) is 0 Å². The van der Waals surface area contributed by atoms with Crippen molar-refractivity contribution in [3.63, 3.8) is 0 Å². The fourth-order valence-electron chi connectivity index (χ4n) is 2.55. The predicted octanol–water partition coefficient (Wildman–Crippen LogP) is 1.71. The molecular formula is C14H30N2O. The molecule has 3 nitrogen and oxygen atoms in total. The van der Waals surface area contributed by atoms with Crippen LogP contribution in [0.4, 0.5) is 0 Å². The zero-order valence-electron chi connectivity index (χ0n) is 11.8. The highest BCUT2D eigenvalue weighted by atomic mass is 16.3. The molecule has 102 valence electrons. The summed E-state index contributed by atoms with van der Waals surface area (Å²) in [7, 11) is 0. The Bertz CT molecular complexity index is 197. The SMILES string of the molecule is CCC1CCCN(CC(O)CNCC(C)C)C1. The number of nitrogens with one attached hydrogen (secondary N) is 1. The molecule has 0 amide bonds. The van der Waals surface area contributed by atoms with Gasteiger partial charge in [0.05, 0.1) is 6.10 Å². The van der Waals surface area contributed by atoms with E-state index in [4.69, 9.17) is 0 Å². The van der Waals surface area contributed by atoms with E-state index >= 15 is 0 Å². The smallest absolute Gasteiger partial charge is 0.0791 e. The Morgan fingerprint density at radius 1 is 1.35 bits per heavy atom. The number of nitrogens with zero attached hydrogens (tertiary/aromatic N) is 1. The molecule has 0 radical (unpaired) electrons. The fraction of sp³-hybridized carbons (Fsp3) is 1.00. The normalized spacial score (nSPS) is 24.2. The van der Waals surface area contributed by atoms with Crippen molar-refractivity contribution in [1.29, 1.82) is 0 Å². The lowest BCUT2D eigenvalue weighted by atomic mass is 9.95. The van der Waals surface area contributed by atoms with Gasteiger partial charge in [-0.05, 0) is 37.8 Å². The Balaban J connectivity index is 2.14. The fourth-order valence-corrected chi connectivity index (χ4v) is 2.55. The van der Waals surface area contributed by atoms with Crippen LogP contribution in [-0.2, 0) is 0 Å². The van der Waals surface area contributed by atoms with Crippen molar-refractivity contribution in [2.24, 2.45) is 11.8 Å². The van der Waals surface area contributed by atoms with Gasteiger partial charge >= 0.3 is 0 Å². The van der Waals surface area contributed by atoms with Crippen molar-refractivity contribution in [3.8, 4) is 0 Å². The van der Waals surface area contributed by atoms with Gasteiger partial charge in [-0.2, -0.15) is 0 Å². The van der Waals surface area contributed by atoms with Crippen LogP contribution in [0.25, 0.3) is 0 Å². The highest BCUT2D eigenvalue weighted by molar-refractivity contribution is 4.75. The first-order chi connectivity index (χ1) is 8.11. The molecule has 17 heavy (non-hydrogen) atoms. The lowest BCUT2D eigenvalue weighted by Crippen LogP contribution is -2.43. The average molecular weight is 242 g/mol. The Morgan fingerprint density at radius 2 is 2.12 bits per heavy atom. The van der Waals surface area contributed by atoms with Crippen molar-refractivity contribution >= 4 is 0 Å². The first kappa shape index (κ1) is 14.9. The molecule has 0 aromatic heterocycles. The van der Waals surface area contributed by atoms with E-state index in [1.54, 1.807) is 0 Å². The molecule has 0 aromatic rings. The second kappa shape index (κ2) is 8.06. The Morgan fingerprint density at radius 3 is 2.76 bits per heavy atom. The lowest BCUT2D eigenvalue weighted by molar-refractivity contribution is 0.0828. The van der Waals surface area contributed by atoms with E-state index in [0.717, 1.165) is 32.1 Å². The summed E-state index contributed by atoms with van der Waals surface area (Å²) < 4.78 is 0. The van der Waals surface area contributed by atoms with Crippen LogP contribution in [0.1, 0.15) is 40.0 Å². The Labute approximate surface area is 107 Å². The van der Waals surface area contributed by atoms with Gasteiger partial charge in [-0.3, -0.25) is 0 Å². The number of hydrogen-bond acceptors (Lipinski definition) is 3. The summed E-state index contributed by atoms with van der Waals surface area (Å²) in [5, 5.41) is 13.3. The lowest BCUT2D eigenvalue weighted by Gasteiger charge is -2.33. The van der Waals surface area contributed by atoms with Gasteiger partial charge in [0.1, 0.15) is 0 Å². The summed E-state index contributed by atoms with van der Waals surface area (Å²) in [5.74, 6) is 1.50. The average Bonchev–Trinajstić information content (AvgIpc) is 2.28. The third kappa shape index (κ3) is 6.39. The first-order valence-electron chi connectivity index (χ1n) is 7.23. The van der Waals surface area contributed by atoms with E-state index in [-0.39, 0.29) is 6.10 Å². The molecule has 0 bridgehead atoms. The maximum atomic E-state index is 9.97. The standard InChI is InChI=1S/C14H30N2O/c1-4-13-6-5-7-16(10-13)11-14(17)9-15-8-12(2)3/h12-15,17H,4-11H2,1-3H3. The molecule has 0 spiro atoms. The summed E-state index contributed by atoms with van der Waals surface area (Å²) in [4.78, 5) is 2.43. The van der Waals surface area contributed by atoms with E-state index in [1.807, 2.05) is 0 Å². The van der Waals surface area contributed by atoms with Gasteiger partial charge in [0.25, 0.3) is 0 Å². The number of aliphatic hydroxyl groups excluding tert-OH is 1. The van der Waals surface area contributed by atoms with Crippen molar-refractivity contribution in [2.75, 3.05) is 32.7 Å². The van der Waals surface area contributed by atoms with Crippen molar-refractivity contribution in [2.45, 2.75) is 46.1 Å². The number of piperidine rings is 1. The third-order valence-electron chi connectivity index (χ3n) is 3.58. The molecule has 1 saturated heterocycles. The molecule has 2 unspecified atom stereocenters. The van der Waals surface area contributed by atoms with Crippen LogP contribution in [0.2, 0.25) is 0 Å². The highest BCUT2D eigenvalue weighted by Crippen LogP contribution is 2.18. The number of aliphatic hydroxyl groups is 1. The molecule has 2 atom stereocenters. The summed E-state index contributed by atoms with van der Waals surface area (Å²) in [6.45, 7) is 11.6. The van der Waals surface area contributed by atoms with Gasteiger partial charge < -0.3 is 15.3 Å². The number of likely N-dealkylation sites (tertiary alicyclic amines) is 1. The Kier molecular flexibility index (Phi) is 7.09. The van der Waals surface area contributed by atoms with E-state index in [2.05, 4.69) is 31.0 Å². The van der Waals surface area contributed by atoms with Crippen LogP contribution in [0, 0.1) is 11.8 Å². The highest BCUT2D eigenvalue weighted by Gasteiger charge is 2.20. The zero-order valence-corrected chi connectivity index (χ0v) is 11.8.